The molecule has 0 aromatic carbocycles. The molecule has 2 aliphatic carbocycles. The van der Waals surface area contributed by atoms with Gasteiger partial charge < -0.3 is 5.32 Å². The highest BCUT2D eigenvalue weighted by atomic mass is 15.2. The summed E-state index contributed by atoms with van der Waals surface area (Å²) in [7, 11) is 0. The smallest absolute Gasteiger partial charge is 0.0290 e. The molecule has 1 aliphatic heterocycles. The molecule has 10 atom stereocenters. The summed E-state index contributed by atoms with van der Waals surface area (Å²) in [5.41, 5.74) is 3.04. The van der Waals surface area contributed by atoms with Gasteiger partial charge in [0.2, 0.25) is 0 Å². The van der Waals surface area contributed by atoms with E-state index >= 15 is 0 Å². The Labute approximate surface area is 263 Å². The summed E-state index contributed by atoms with van der Waals surface area (Å²) < 4.78 is 0. The van der Waals surface area contributed by atoms with Crippen molar-refractivity contribution in [2.75, 3.05) is 13.1 Å². The lowest BCUT2D eigenvalue weighted by Gasteiger charge is -2.49. The molecule has 42 heavy (non-hydrogen) atoms. The van der Waals surface area contributed by atoms with Gasteiger partial charge >= 0.3 is 0 Å². The Hall–Kier alpha value is -0.860. The maximum Gasteiger partial charge on any atom is 0.0290 e. The van der Waals surface area contributed by atoms with Gasteiger partial charge in [0.05, 0.1) is 0 Å². The minimum absolute atomic E-state index is 0.447. The quantitative estimate of drug-likeness (QED) is 0.172. The lowest BCUT2D eigenvalue weighted by atomic mass is 9.62. The van der Waals surface area contributed by atoms with Crippen LogP contribution in [0.3, 0.4) is 0 Å². The second kappa shape index (κ2) is 17.6. The van der Waals surface area contributed by atoms with Gasteiger partial charge in [-0.1, -0.05) is 111 Å². The molecule has 0 amide bonds. The van der Waals surface area contributed by atoms with Gasteiger partial charge in [0.15, 0.2) is 0 Å². The van der Waals surface area contributed by atoms with Gasteiger partial charge in [0.25, 0.3) is 0 Å². The fraction of sp³-hybridized carbons (Fsp3) is 0.850. The number of allylic oxidation sites excluding steroid dienone is 4. The lowest BCUT2D eigenvalue weighted by Crippen LogP contribution is -2.54. The van der Waals surface area contributed by atoms with Crippen LogP contribution in [0.5, 0.6) is 0 Å². The van der Waals surface area contributed by atoms with Gasteiger partial charge in [0, 0.05) is 18.1 Å². The Kier molecular flexibility index (Phi) is 14.9. The van der Waals surface area contributed by atoms with Crippen LogP contribution < -0.4 is 5.32 Å². The molecule has 0 aromatic heterocycles. The summed E-state index contributed by atoms with van der Waals surface area (Å²) in [5.74, 6) is 6.54. The van der Waals surface area contributed by atoms with E-state index in [4.69, 9.17) is 0 Å². The van der Waals surface area contributed by atoms with Gasteiger partial charge in [-0.15, -0.1) is 0 Å². The predicted molar refractivity (Wildman–Crippen MR) is 187 cm³/mol. The molecule has 0 radical (unpaired) electrons. The third-order valence-electron chi connectivity index (χ3n) is 12.6. The zero-order chi connectivity index (χ0) is 30.8. The van der Waals surface area contributed by atoms with E-state index in [9.17, 15) is 0 Å². The average molecular weight is 581 g/mol. The molecule has 1 N–H and O–H groups in total. The van der Waals surface area contributed by atoms with E-state index < -0.39 is 0 Å². The molecule has 242 valence electrons. The van der Waals surface area contributed by atoms with Crippen LogP contribution in [-0.2, 0) is 0 Å². The zero-order valence-electron chi connectivity index (χ0n) is 29.6. The van der Waals surface area contributed by atoms with Crippen LogP contribution in [0.25, 0.3) is 0 Å². The summed E-state index contributed by atoms with van der Waals surface area (Å²) in [6.07, 6.45) is 23.5. The van der Waals surface area contributed by atoms with Gasteiger partial charge in [-0.3, -0.25) is 4.90 Å². The van der Waals surface area contributed by atoms with Crippen molar-refractivity contribution in [3.63, 3.8) is 0 Å². The first-order valence-corrected chi connectivity index (χ1v) is 18.6. The summed E-state index contributed by atoms with van der Waals surface area (Å²) in [5, 5.41) is 4.02. The monoisotopic (exact) mass is 581 g/mol. The topological polar surface area (TPSA) is 15.3 Å². The Bertz CT molecular complexity index is 852. The molecular formula is C40H72N2. The highest BCUT2D eigenvalue weighted by Crippen LogP contribution is 2.46. The van der Waals surface area contributed by atoms with E-state index in [1.807, 2.05) is 0 Å². The van der Waals surface area contributed by atoms with Crippen LogP contribution in [0.1, 0.15) is 139 Å². The highest BCUT2D eigenvalue weighted by Gasteiger charge is 2.44. The highest BCUT2D eigenvalue weighted by molar-refractivity contribution is 5.11. The van der Waals surface area contributed by atoms with Crippen molar-refractivity contribution in [3.8, 4) is 0 Å². The number of nitrogens with one attached hydrogen (secondary N) is 1. The molecule has 2 heteroatoms. The number of hydrogen-bond donors (Lipinski definition) is 1. The van der Waals surface area contributed by atoms with Crippen molar-refractivity contribution in [1.82, 2.24) is 10.2 Å². The van der Waals surface area contributed by atoms with Crippen molar-refractivity contribution in [1.29, 1.82) is 0 Å². The molecule has 2 nitrogen and oxygen atoms in total. The molecule has 1 heterocycles. The van der Waals surface area contributed by atoms with Crippen molar-refractivity contribution in [2.45, 2.75) is 157 Å². The van der Waals surface area contributed by atoms with Crippen LogP contribution in [0.2, 0.25) is 0 Å². The molecule has 10 unspecified atom stereocenters. The maximum atomic E-state index is 4.16. The predicted octanol–water partition coefficient (Wildman–Crippen LogP) is 10.9. The lowest BCUT2D eigenvalue weighted by molar-refractivity contribution is 0.00235. The molecule has 0 bridgehead atoms. The van der Waals surface area contributed by atoms with Crippen molar-refractivity contribution in [2.24, 2.45) is 47.3 Å². The number of nitrogens with zero attached hydrogens (tertiary/aromatic N) is 1. The Morgan fingerprint density at radius 3 is 2.31 bits per heavy atom. The number of unbranched alkanes of at least 4 members (excludes halogenated alkanes) is 1. The second-order valence-corrected chi connectivity index (χ2v) is 15.4. The largest absolute Gasteiger partial charge is 0.310 e. The van der Waals surface area contributed by atoms with E-state index in [2.05, 4.69) is 97.3 Å². The Morgan fingerprint density at radius 2 is 1.76 bits per heavy atom. The summed E-state index contributed by atoms with van der Waals surface area (Å²) >= 11 is 0. The summed E-state index contributed by atoms with van der Waals surface area (Å²) in [6.45, 7) is 28.6. The molecule has 0 aromatic rings. The van der Waals surface area contributed by atoms with Crippen LogP contribution in [0.15, 0.2) is 36.0 Å². The van der Waals surface area contributed by atoms with Crippen LogP contribution in [-0.4, -0.2) is 36.1 Å². The van der Waals surface area contributed by atoms with E-state index in [0.717, 1.165) is 54.4 Å². The summed E-state index contributed by atoms with van der Waals surface area (Å²) in [4.78, 5) is 3.06. The Balaban J connectivity index is 1.90. The Morgan fingerprint density at radius 1 is 1.02 bits per heavy atom. The molecule has 1 saturated heterocycles. The van der Waals surface area contributed by atoms with E-state index in [1.165, 1.54) is 82.7 Å². The molecular weight excluding hydrogens is 508 g/mol. The fourth-order valence-electron chi connectivity index (χ4n) is 8.92. The molecule has 3 aliphatic rings. The third-order valence-corrected chi connectivity index (χ3v) is 12.6. The molecule has 3 fully saturated rings. The van der Waals surface area contributed by atoms with Crippen molar-refractivity contribution >= 4 is 0 Å². The molecule has 0 spiro atoms. The van der Waals surface area contributed by atoms with Crippen molar-refractivity contribution in [3.05, 3.63) is 36.0 Å². The van der Waals surface area contributed by atoms with Crippen molar-refractivity contribution < 1.29 is 0 Å². The standard InChI is InChI=1S/C40H72N2/c1-11-14-18-35(32(9)34-19-16-20-34)22-23-39(29(6)12-2)42(13-3)40-33(10)38(21-15-17-28(4)5)41-25-24-36(40)27-37-26-30(7)31(37)8/h15,18,21,29-34,36-41H,4,11-14,16-17,19-20,22-27H2,1-3,5-10H3. The van der Waals surface area contributed by atoms with Crippen LogP contribution in [0.4, 0.5) is 0 Å². The van der Waals surface area contributed by atoms with Gasteiger partial charge in [0.1, 0.15) is 0 Å². The minimum Gasteiger partial charge on any atom is -0.310 e. The van der Waals surface area contributed by atoms with E-state index in [0.29, 0.717) is 24.0 Å². The van der Waals surface area contributed by atoms with Gasteiger partial charge in [-0.25, -0.2) is 0 Å². The van der Waals surface area contributed by atoms with E-state index in [1.54, 1.807) is 5.57 Å². The zero-order valence-corrected chi connectivity index (χ0v) is 29.6. The SMILES string of the molecule is C=C(C)CC=CC1NCCC(CC2CC(C)C2C)C(N(CC)C(CCC(=CCCC)C(C)C2CCC2)C(C)CC)C1C. The van der Waals surface area contributed by atoms with E-state index in [-0.39, 0.29) is 0 Å². The third kappa shape index (κ3) is 9.32. The maximum absolute atomic E-state index is 4.16. The minimum atomic E-state index is 0.447. The first-order valence-electron chi connectivity index (χ1n) is 18.6. The van der Waals surface area contributed by atoms with Crippen LogP contribution in [0, 0.1) is 47.3 Å². The second-order valence-electron chi connectivity index (χ2n) is 15.4. The first kappa shape index (κ1) is 35.6. The first-order chi connectivity index (χ1) is 20.1. The fourth-order valence-corrected chi connectivity index (χ4v) is 8.92. The average Bonchev–Trinajstić information content (AvgIpc) is 3.08. The normalized spacial score (nSPS) is 33.2. The van der Waals surface area contributed by atoms with Gasteiger partial charge in [-0.05, 0) is 125 Å². The van der Waals surface area contributed by atoms with Crippen LogP contribution >= 0.6 is 0 Å². The summed E-state index contributed by atoms with van der Waals surface area (Å²) in [6, 6.07) is 1.74. The van der Waals surface area contributed by atoms with Gasteiger partial charge in [-0.2, -0.15) is 0 Å². The molecule has 3 rings (SSSR count). The number of hydrogen-bond acceptors (Lipinski definition) is 2. The number of rotatable bonds is 17. The molecule has 2 saturated carbocycles.